The largest absolute Gasteiger partial charge is 0.376 e. The fraction of sp³-hybridized carbons (Fsp3) is 0.125. The van der Waals surface area contributed by atoms with Crippen LogP contribution < -0.4 is 10.6 Å². The first kappa shape index (κ1) is 14.9. The maximum atomic E-state index is 11.9. The van der Waals surface area contributed by atoms with Crippen molar-refractivity contribution in [3.8, 4) is 6.07 Å². The van der Waals surface area contributed by atoms with Gasteiger partial charge in [0.05, 0.1) is 18.2 Å². The Labute approximate surface area is 128 Å². The van der Waals surface area contributed by atoms with E-state index in [2.05, 4.69) is 10.6 Å². The molecule has 0 saturated heterocycles. The predicted octanol–water partition coefficient (Wildman–Crippen LogP) is 3.57. The minimum atomic E-state index is -0.162. The molecule has 5 heteroatoms. The number of nitriles is 1. The highest BCUT2D eigenvalue weighted by molar-refractivity contribution is 6.31. The van der Waals surface area contributed by atoms with Crippen LogP contribution in [0.15, 0.2) is 42.5 Å². The molecule has 0 aliphatic rings. The Morgan fingerprint density at radius 2 is 1.95 bits per heavy atom. The summed E-state index contributed by atoms with van der Waals surface area (Å²) in [4.78, 5) is 11.9. The molecule has 0 atom stereocenters. The SMILES string of the molecule is Cc1c(Cl)cccc1NC(=O)CNc1ccc(C#N)cc1. The van der Waals surface area contributed by atoms with Gasteiger partial charge in [0.15, 0.2) is 0 Å². The monoisotopic (exact) mass is 299 g/mol. The first-order valence-corrected chi connectivity index (χ1v) is 6.77. The number of hydrogen-bond acceptors (Lipinski definition) is 3. The van der Waals surface area contributed by atoms with Gasteiger partial charge in [-0.1, -0.05) is 17.7 Å². The molecule has 0 radical (unpaired) electrons. The zero-order valence-electron chi connectivity index (χ0n) is 11.5. The molecule has 2 aromatic rings. The fourth-order valence-corrected chi connectivity index (χ4v) is 1.96. The van der Waals surface area contributed by atoms with Crippen LogP contribution in [-0.2, 0) is 4.79 Å². The summed E-state index contributed by atoms with van der Waals surface area (Å²) < 4.78 is 0. The summed E-state index contributed by atoms with van der Waals surface area (Å²) in [5.74, 6) is -0.162. The van der Waals surface area contributed by atoms with Gasteiger partial charge >= 0.3 is 0 Å². The van der Waals surface area contributed by atoms with Crippen LogP contribution in [0.25, 0.3) is 0 Å². The molecule has 0 spiro atoms. The third kappa shape index (κ3) is 3.98. The van der Waals surface area contributed by atoms with Crippen molar-refractivity contribution in [2.75, 3.05) is 17.2 Å². The number of amides is 1. The van der Waals surface area contributed by atoms with Crippen molar-refractivity contribution in [1.82, 2.24) is 0 Å². The summed E-state index contributed by atoms with van der Waals surface area (Å²) in [6, 6.07) is 14.3. The lowest BCUT2D eigenvalue weighted by molar-refractivity contribution is -0.114. The second kappa shape index (κ2) is 6.78. The maximum absolute atomic E-state index is 11.9. The molecule has 1 amide bonds. The summed E-state index contributed by atoms with van der Waals surface area (Å²) in [5.41, 5.74) is 2.91. The van der Waals surface area contributed by atoms with Gasteiger partial charge in [-0.05, 0) is 48.9 Å². The first-order chi connectivity index (χ1) is 10.1. The van der Waals surface area contributed by atoms with E-state index >= 15 is 0 Å². The van der Waals surface area contributed by atoms with Crippen LogP contribution in [0.4, 0.5) is 11.4 Å². The van der Waals surface area contributed by atoms with Crippen molar-refractivity contribution in [2.45, 2.75) is 6.92 Å². The molecule has 0 unspecified atom stereocenters. The molecule has 0 aromatic heterocycles. The number of nitrogens with one attached hydrogen (secondary N) is 2. The van der Waals surface area contributed by atoms with E-state index in [1.807, 2.05) is 13.0 Å². The van der Waals surface area contributed by atoms with Crippen LogP contribution in [0.3, 0.4) is 0 Å². The summed E-state index contributed by atoms with van der Waals surface area (Å²) in [7, 11) is 0. The number of benzene rings is 2. The molecule has 4 nitrogen and oxygen atoms in total. The molecule has 106 valence electrons. The molecule has 0 saturated carbocycles. The molecule has 0 aliphatic heterocycles. The van der Waals surface area contributed by atoms with E-state index in [0.717, 1.165) is 11.3 Å². The van der Waals surface area contributed by atoms with E-state index in [-0.39, 0.29) is 12.5 Å². The van der Waals surface area contributed by atoms with Gasteiger partial charge in [0, 0.05) is 16.4 Å². The highest BCUT2D eigenvalue weighted by Gasteiger charge is 2.06. The first-order valence-electron chi connectivity index (χ1n) is 6.39. The molecular formula is C16H14ClN3O. The van der Waals surface area contributed by atoms with Crippen LogP contribution in [0.2, 0.25) is 5.02 Å². The van der Waals surface area contributed by atoms with Gasteiger partial charge < -0.3 is 10.6 Å². The predicted molar refractivity (Wildman–Crippen MR) is 84.5 cm³/mol. The Hall–Kier alpha value is -2.51. The number of halogens is 1. The van der Waals surface area contributed by atoms with Crippen molar-refractivity contribution >= 4 is 28.9 Å². The van der Waals surface area contributed by atoms with E-state index in [1.165, 1.54) is 0 Å². The minimum Gasteiger partial charge on any atom is -0.376 e. The van der Waals surface area contributed by atoms with Gasteiger partial charge in [-0.2, -0.15) is 5.26 Å². The van der Waals surface area contributed by atoms with Crippen molar-refractivity contribution in [1.29, 1.82) is 5.26 Å². The lowest BCUT2D eigenvalue weighted by Crippen LogP contribution is -2.22. The lowest BCUT2D eigenvalue weighted by atomic mass is 10.2. The molecular weight excluding hydrogens is 286 g/mol. The molecule has 0 bridgehead atoms. The second-order valence-corrected chi connectivity index (χ2v) is 4.91. The third-order valence-corrected chi connectivity index (χ3v) is 3.42. The van der Waals surface area contributed by atoms with Gasteiger partial charge in [-0.15, -0.1) is 0 Å². The van der Waals surface area contributed by atoms with Gasteiger partial charge in [0.1, 0.15) is 0 Å². The quantitative estimate of drug-likeness (QED) is 0.907. The third-order valence-electron chi connectivity index (χ3n) is 3.01. The van der Waals surface area contributed by atoms with Gasteiger partial charge in [0.2, 0.25) is 5.91 Å². The average molecular weight is 300 g/mol. The Balaban J connectivity index is 1.93. The normalized spacial score (nSPS) is 9.76. The van der Waals surface area contributed by atoms with Crippen LogP contribution in [0, 0.1) is 18.3 Å². The topological polar surface area (TPSA) is 64.9 Å². The molecule has 2 N–H and O–H groups in total. The molecule has 0 aliphatic carbocycles. The van der Waals surface area contributed by atoms with Crippen LogP contribution in [0.5, 0.6) is 0 Å². The molecule has 2 rings (SSSR count). The minimum absolute atomic E-state index is 0.137. The number of nitrogens with zero attached hydrogens (tertiary/aromatic N) is 1. The number of rotatable bonds is 4. The van der Waals surface area contributed by atoms with Crippen molar-refractivity contribution < 1.29 is 4.79 Å². The number of carbonyl (C=O) groups excluding carboxylic acids is 1. The number of carbonyl (C=O) groups is 1. The van der Waals surface area contributed by atoms with E-state index in [0.29, 0.717) is 16.3 Å². The van der Waals surface area contributed by atoms with Crippen LogP contribution >= 0.6 is 11.6 Å². The second-order valence-electron chi connectivity index (χ2n) is 4.50. The fourth-order valence-electron chi connectivity index (χ4n) is 1.78. The van der Waals surface area contributed by atoms with Gasteiger partial charge in [-0.3, -0.25) is 4.79 Å². The molecule has 0 heterocycles. The smallest absolute Gasteiger partial charge is 0.243 e. The summed E-state index contributed by atoms with van der Waals surface area (Å²) in [5, 5.41) is 15.1. The van der Waals surface area contributed by atoms with Crippen molar-refractivity contribution in [3.63, 3.8) is 0 Å². The summed E-state index contributed by atoms with van der Waals surface area (Å²) in [6.45, 7) is 1.99. The number of hydrogen-bond donors (Lipinski definition) is 2. The van der Waals surface area contributed by atoms with E-state index < -0.39 is 0 Å². The zero-order valence-corrected chi connectivity index (χ0v) is 12.2. The lowest BCUT2D eigenvalue weighted by Gasteiger charge is -2.10. The van der Waals surface area contributed by atoms with E-state index in [1.54, 1.807) is 42.5 Å². The van der Waals surface area contributed by atoms with Crippen molar-refractivity contribution in [2.24, 2.45) is 0 Å². The highest BCUT2D eigenvalue weighted by atomic mass is 35.5. The van der Waals surface area contributed by atoms with Crippen LogP contribution in [0.1, 0.15) is 11.1 Å². The Bertz CT molecular complexity index is 690. The Morgan fingerprint density at radius 1 is 1.24 bits per heavy atom. The van der Waals surface area contributed by atoms with Crippen molar-refractivity contribution in [3.05, 3.63) is 58.6 Å². The molecule has 21 heavy (non-hydrogen) atoms. The van der Waals surface area contributed by atoms with E-state index in [4.69, 9.17) is 16.9 Å². The Kier molecular flexibility index (Phi) is 4.81. The van der Waals surface area contributed by atoms with Gasteiger partial charge in [0.25, 0.3) is 0 Å². The Morgan fingerprint density at radius 3 is 2.62 bits per heavy atom. The zero-order chi connectivity index (χ0) is 15.2. The number of anilines is 2. The summed E-state index contributed by atoms with van der Waals surface area (Å²) >= 11 is 6.01. The standard InChI is InChI=1S/C16H14ClN3O/c1-11-14(17)3-2-4-15(11)20-16(21)10-19-13-7-5-12(9-18)6-8-13/h2-8,19H,10H2,1H3,(H,20,21). The highest BCUT2D eigenvalue weighted by Crippen LogP contribution is 2.22. The van der Waals surface area contributed by atoms with Gasteiger partial charge in [-0.25, -0.2) is 0 Å². The average Bonchev–Trinajstić information content (AvgIpc) is 2.50. The molecule has 2 aromatic carbocycles. The maximum Gasteiger partial charge on any atom is 0.243 e. The van der Waals surface area contributed by atoms with Crippen LogP contribution in [-0.4, -0.2) is 12.5 Å². The molecule has 0 fully saturated rings. The van der Waals surface area contributed by atoms with E-state index in [9.17, 15) is 4.79 Å². The summed E-state index contributed by atoms with van der Waals surface area (Å²) in [6.07, 6.45) is 0.